The van der Waals surface area contributed by atoms with Crippen molar-refractivity contribution in [2.45, 2.75) is 0 Å². The lowest BCUT2D eigenvalue weighted by molar-refractivity contribution is -0.369. The van der Waals surface area contributed by atoms with Crippen molar-refractivity contribution in [1.82, 2.24) is 0 Å². The van der Waals surface area contributed by atoms with Gasteiger partial charge in [0.25, 0.3) is 0 Å². The zero-order chi connectivity index (χ0) is 8.27. The first-order chi connectivity index (χ1) is 5.25. The molecular weight excluding hydrogens is 144 g/mol. The van der Waals surface area contributed by atoms with Gasteiger partial charge in [-0.1, -0.05) is 12.1 Å². The number of amides is 1. The SMILES string of the molecule is [N-]=[NH+]C(=O)c1ccccc1O. The molecule has 1 aromatic carbocycles. The maximum absolute atomic E-state index is 10.7. The Balaban J connectivity index is 3.13. The first kappa shape index (κ1) is 7.40. The van der Waals surface area contributed by atoms with E-state index in [1.807, 2.05) is 0 Å². The third-order valence-electron chi connectivity index (χ3n) is 1.25. The number of hydrogen-bond donors (Lipinski definition) is 2. The monoisotopic (exact) mass is 150 g/mol. The highest BCUT2D eigenvalue weighted by atomic mass is 16.3. The molecule has 0 saturated carbocycles. The number of phenolic OH excluding ortho intramolecular Hbond substituents is 1. The molecule has 56 valence electrons. The number of benzene rings is 1. The lowest BCUT2D eigenvalue weighted by atomic mass is 10.2. The average Bonchev–Trinajstić information content (AvgIpc) is 2.04. The summed E-state index contributed by atoms with van der Waals surface area (Å²) in [4.78, 5) is 10.7. The normalized spacial score (nSPS) is 9.09. The van der Waals surface area contributed by atoms with Gasteiger partial charge in [-0.05, 0) is 12.1 Å². The van der Waals surface area contributed by atoms with Gasteiger partial charge in [0.2, 0.25) is 0 Å². The van der Waals surface area contributed by atoms with E-state index in [0.717, 1.165) is 0 Å². The molecule has 11 heavy (non-hydrogen) atoms. The Kier molecular flexibility index (Phi) is 1.96. The molecule has 0 spiro atoms. The maximum Gasteiger partial charge on any atom is 0.410 e. The Bertz CT molecular complexity index is 296. The number of carbonyl (C=O) groups excluding carboxylic acids is 1. The van der Waals surface area contributed by atoms with Gasteiger partial charge >= 0.3 is 5.91 Å². The number of phenols is 1. The fourth-order valence-corrected chi connectivity index (χ4v) is 0.726. The molecule has 4 nitrogen and oxygen atoms in total. The van der Waals surface area contributed by atoms with Crippen molar-refractivity contribution in [2.75, 3.05) is 0 Å². The second kappa shape index (κ2) is 2.92. The molecule has 2 N–H and O–H groups in total. The van der Waals surface area contributed by atoms with E-state index in [9.17, 15) is 4.79 Å². The molecule has 1 aromatic rings. The fraction of sp³-hybridized carbons (Fsp3) is 0. The van der Waals surface area contributed by atoms with Gasteiger partial charge in [-0.25, -0.2) is 4.79 Å². The molecule has 0 aromatic heterocycles. The number of rotatable bonds is 1. The summed E-state index contributed by atoms with van der Waals surface area (Å²) in [6, 6.07) is 5.94. The molecule has 0 aliphatic rings. The Morgan fingerprint density at radius 1 is 1.45 bits per heavy atom. The molecule has 1 rings (SSSR count). The predicted molar refractivity (Wildman–Crippen MR) is 36.8 cm³/mol. The van der Waals surface area contributed by atoms with Crippen molar-refractivity contribution in [3.8, 4) is 5.75 Å². The first-order valence-electron chi connectivity index (χ1n) is 2.98. The van der Waals surface area contributed by atoms with E-state index in [0.29, 0.717) is 0 Å². The number of hydrogen-bond acceptors (Lipinski definition) is 2. The van der Waals surface area contributed by atoms with Crippen LogP contribution in [-0.2, 0) is 0 Å². The van der Waals surface area contributed by atoms with Gasteiger partial charge < -0.3 is 10.6 Å². The third-order valence-corrected chi connectivity index (χ3v) is 1.25. The average molecular weight is 150 g/mol. The van der Waals surface area contributed by atoms with Crippen LogP contribution in [0.4, 0.5) is 0 Å². The van der Waals surface area contributed by atoms with E-state index in [4.69, 9.17) is 10.6 Å². The van der Waals surface area contributed by atoms with Gasteiger partial charge in [-0.3, -0.25) is 5.11 Å². The van der Waals surface area contributed by atoms with Crippen LogP contribution in [-0.4, -0.2) is 11.0 Å². The van der Waals surface area contributed by atoms with Crippen LogP contribution < -0.4 is 5.11 Å². The minimum atomic E-state index is -0.719. The standard InChI is InChI=1S/C7H6N2O2/c8-9-7(11)5-3-1-2-4-6(5)10/h1-4,9-10H. The number of aromatic hydroxyl groups is 1. The van der Waals surface area contributed by atoms with E-state index < -0.39 is 5.91 Å². The van der Waals surface area contributed by atoms with Gasteiger partial charge in [0.1, 0.15) is 11.3 Å². The second-order valence-electron chi connectivity index (χ2n) is 1.96. The zero-order valence-corrected chi connectivity index (χ0v) is 5.61. The fourth-order valence-electron chi connectivity index (χ4n) is 0.726. The van der Waals surface area contributed by atoms with E-state index in [2.05, 4.69) is 0 Å². The number of nitrogens with one attached hydrogen (secondary N) is 1. The summed E-state index contributed by atoms with van der Waals surface area (Å²) in [5.74, 6) is -0.873. The maximum atomic E-state index is 10.7. The molecule has 0 fully saturated rings. The summed E-state index contributed by atoms with van der Waals surface area (Å²) in [6.07, 6.45) is 0. The third kappa shape index (κ3) is 1.40. The Morgan fingerprint density at radius 3 is 2.64 bits per heavy atom. The molecular formula is C7H6N2O2. The number of para-hydroxylation sites is 1. The van der Waals surface area contributed by atoms with Gasteiger partial charge in [0.15, 0.2) is 0 Å². The van der Waals surface area contributed by atoms with Crippen LogP contribution in [0.2, 0.25) is 0 Å². The summed E-state index contributed by atoms with van der Waals surface area (Å²) >= 11 is 0. The van der Waals surface area contributed by atoms with Crippen molar-refractivity contribution in [1.29, 1.82) is 0 Å². The molecule has 1 amide bonds. The van der Waals surface area contributed by atoms with E-state index >= 15 is 0 Å². The van der Waals surface area contributed by atoms with Gasteiger partial charge in [0.05, 0.1) is 0 Å². The van der Waals surface area contributed by atoms with Gasteiger partial charge in [-0.15, -0.1) is 0 Å². The molecule has 0 unspecified atom stereocenters. The van der Waals surface area contributed by atoms with Crippen LogP contribution in [0.5, 0.6) is 5.75 Å². The summed E-state index contributed by atoms with van der Waals surface area (Å²) in [5.41, 5.74) is 8.25. The molecule has 0 aliphatic carbocycles. The van der Waals surface area contributed by atoms with Crippen LogP contribution in [0.3, 0.4) is 0 Å². The Labute approximate surface area is 63.0 Å². The molecule has 0 aliphatic heterocycles. The zero-order valence-electron chi connectivity index (χ0n) is 5.61. The van der Waals surface area contributed by atoms with Crippen molar-refractivity contribution in [3.63, 3.8) is 0 Å². The van der Waals surface area contributed by atoms with Crippen LogP contribution >= 0.6 is 0 Å². The summed E-state index contributed by atoms with van der Waals surface area (Å²) in [6.45, 7) is 0. The minimum absolute atomic E-state index is 0.0509. The first-order valence-corrected chi connectivity index (χ1v) is 2.98. The molecule has 0 atom stereocenters. The van der Waals surface area contributed by atoms with Crippen LogP contribution in [0.15, 0.2) is 24.3 Å². The van der Waals surface area contributed by atoms with Crippen molar-refractivity contribution in [2.24, 2.45) is 0 Å². The predicted octanol–water partition coefficient (Wildman–Crippen LogP) is -0.365. The second-order valence-corrected chi connectivity index (χ2v) is 1.96. The molecule has 0 heterocycles. The van der Waals surface area contributed by atoms with Crippen molar-refractivity contribution in [3.05, 3.63) is 35.4 Å². The van der Waals surface area contributed by atoms with E-state index in [1.54, 1.807) is 12.1 Å². The lowest BCUT2D eigenvalue weighted by Crippen LogP contribution is -2.68. The Morgan fingerprint density at radius 2 is 2.09 bits per heavy atom. The highest BCUT2D eigenvalue weighted by Crippen LogP contribution is 2.13. The largest absolute Gasteiger partial charge is 0.507 e. The highest BCUT2D eigenvalue weighted by molar-refractivity contribution is 5.89. The van der Waals surface area contributed by atoms with Crippen LogP contribution in [0, 0.1) is 0 Å². The Hall–Kier alpha value is -1.71. The molecule has 0 radical (unpaired) electrons. The van der Waals surface area contributed by atoms with E-state index in [-0.39, 0.29) is 11.3 Å². The van der Waals surface area contributed by atoms with Crippen LogP contribution in [0.25, 0.3) is 5.53 Å². The van der Waals surface area contributed by atoms with Crippen molar-refractivity contribution < 1.29 is 15.0 Å². The summed E-state index contributed by atoms with van der Waals surface area (Å²) < 4.78 is 0. The quantitative estimate of drug-likeness (QED) is 0.536. The minimum Gasteiger partial charge on any atom is -0.507 e. The number of carbonyl (C=O) groups is 1. The summed E-state index contributed by atoms with van der Waals surface area (Å²) in [5, 5.41) is 10.5. The van der Waals surface area contributed by atoms with Crippen molar-refractivity contribution >= 4 is 5.91 Å². The van der Waals surface area contributed by atoms with Crippen LogP contribution in [0.1, 0.15) is 10.4 Å². The smallest absolute Gasteiger partial charge is 0.410 e. The topological polar surface area (TPSA) is 73.6 Å². The molecule has 0 saturated heterocycles. The molecule has 0 bridgehead atoms. The summed E-state index contributed by atoms with van der Waals surface area (Å²) in [7, 11) is 0. The highest BCUT2D eigenvalue weighted by Gasteiger charge is 2.10. The van der Waals surface area contributed by atoms with Gasteiger partial charge in [-0.2, -0.15) is 0 Å². The molecule has 4 heteroatoms. The lowest BCUT2D eigenvalue weighted by Gasteiger charge is -1.94. The van der Waals surface area contributed by atoms with E-state index in [1.165, 1.54) is 17.2 Å². The number of nitrogens with zero attached hydrogens (tertiary/aromatic N) is 1. The van der Waals surface area contributed by atoms with Gasteiger partial charge in [0, 0.05) is 0 Å².